The standard InChI is InChI=1S/C18H22N2O2S.CH2O3/c1-18(2,3)22-17(21)20-16-19-15(13-23-16)12-8-7-11-14-9-5-4-6-10-14;2-1(3)4/h4-6,8-10,12-13H,7,11H2,1-3H3,(H,19,20,21);(H2,2,3,4)/b12-8-;. The van der Waals surface area contributed by atoms with Gasteiger partial charge >= 0.3 is 12.2 Å². The van der Waals surface area contributed by atoms with Gasteiger partial charge in [0.25, 0.3) is 0 Å². The van der Waals surface area contributed by atoms with Crippen LogP contribution in [0.2, 0.25) is 0 Å². The van der Waals surface area contributed by atoms with E-state index in [4.69, 9.17) is 19.7 Å². The van der Waals surface area contributed by atoms with Crippen molar-refractivity contribution >= 4 is 34.8 Å². The molecule has 1 aromatic carbocycles. The van der Waals surface area contributed by atoms with Gasteiger partial charge in [0.15, 0.2) is 5.13 Å². The average Bonchev–Trinajstić information content (AvgIpc) is 2.97. The molecule has 0 saturated heterocycles. The number of anilines is 1. The first-order chi connectivity index (χ1) is 12.7. The molecule has 0 spiro atoms. The minimum absolute atomic E-state index is 0.480. The van der Waals surface area contributed by atoms with Gasteiger partial charge in [-0.2, -0.15) is 0 Å². The first kappa shape index (κ1) is 22.2. The molecule has 2 rings (SSSR count). The highest BCUT2D eigenvalue weighted by Crippen LogP contribution is 2.18. The lowest BCUT2D eigenvalue weighted by Crippen LogP contribution is -2.27. The van der Waals surface area contributed by atoms with Gasteiger partial charge in [0, 0.05) is 5.38 Å². The van der Waals surface area contributed by atoms with Crippen molar-refractivity contribution in [2.24, 2.45) is 0 Å². The lowest BCUT2D eigenvalue weighted by Gasteiger charge is -2.18. The lowest BCUT2D eigenvalue weighted by molar-refractivity contribution is 0.0635. The monoisotopic (exact) mass is 392 g/mol. The Kier molecular flexibility index (Phi) is 9.01. The molecule has 27 heavy (non-hydrogen) atoms. The number of carboxylic acid groups (broad SMARTS) is 2. The SMILES string of the molecule is CC(C)(C)OC(=O)Nc1nc(/C=C\CCc2ccccc2)cs1.O=C(O)O. The quantitative estimate of drug-likeness (QED) is 0.632. The molecule has 1 heterocycles. The third-order valence-electron chi connectivity index (χ3n) is 2.86. The fourth-order valence-electron chi connectivity index (χ4n) is 1.91. The minimum atomic E-state index is -1.83. The molecule has 0 aliphatic rings. The topological polar surface area (TPSA) is 109 Å². The number of aryl methyl sites for hydroxylation is 1. The van der Waals surface area contributed by atoms with Crippen molar-refractivity contribution in [2.45, 2.75) is 39.2 Å². The van der Waals surface area contributed by atoms with Gasteiger partial charge in [-0.15, -0.1) is 11.3 Å². The van der Waals surface area contributed by atoms with E-state index in [1.54, 1.807) is 0 Å². The fourth-order valence-corrected chi connectivity index (χ4v) is 2.57. The van der Waals surface area contributed by atoms with E-state index in [1.165, 1.54) is 16.9 Å². The van der Waals surface area contributed by atoms with Crippen LogP contribution in [0.5, 0.6) is 0 Å². The highest BCUT2D eigenvalue weighted by atomic mass is 32.1. The van der Waals surface area contributed by atoms with E-state index in [0.29, 0.717) is 5.13 Å². The van der Waals surface area contributed by atoms with Gasteiger partial charge in [-0.25, -0.2) is 14.6 Å². The van der Waals surface area contributed by atoms with Gasteiger partial charge in [-0.1, -0.05) is 36.4 Å². The largest absolute Gasteiger partial charge is 0.503 e. The van der Waals surface area contributed by atoms with Crippen LogP contribution in [0.25, 0.3) is 6.08 Å². The van der Waals surface area contributed by atoms with Crippen molar-refractivity contribution in [1.29, 1.82) is 0 Å². The molecule has 8 heteroatoms. The van der Waals surface area contributed by atoms with Crippen molar-refractivity contribution in [3.8, 4) is 0 Å². The normalized spacial score (nSPS) is 10.8. The summed E-state index contributed by atoms with van der Waals surface area (Å²) in [5, 5.41) is 19.0. The Morgan fingerprint density at radius 2 is 1.85 bits per heavy atom. The summed E-state index contributed by atoms with van der Waals surface area (Å²) in [6.45, 7) is 5.49. The molecule has 7 nitrogen and oxygen atoms in total. The van der Waals surface area contributed by atoms with Crippen LogP contribution >= 0.6 is 11.3 Å². The number of nitrogens with one attached hydrogen (secondary N) is 1. The maximum absolute atomic E-state index is 11.7. The summed E-state index contributed by atoms with van der Waals surface area (Å²) < 4.78 is 5.20. The molecule has 1 aromatic heterocycles. The molecule has 0 saturated carbocycles. The number of rotatable bonds is 5. The van der Waals surface area contributed by atoms with Gasteiger partial charge in [0.05, 0.1) is 5.69 Å². The summed E-state index contributed by atoms with van der Waals surface area (Å²) >= 11 is 1.38. The Hall–Kier alpha value is -2.87. The number of allylic oxidation sites excluding steroid dienone is 1. The van der Waals surface area contributed by atoms with E-state index in [2.05, 4.69) is 28.5 Å². The van der Waals surface area contributed by atoms with Crippen LogP contribution in [0.1, 0.15) is 38.4 Å². The molecule has 0 aliphatic carbocycles. The third-order valence-corrected chi connectivity index (χ3v) is 3.64. The van der Waals surface area contributed by atoms with Crippen molar-refractivity contribution in [1.82, 2.24) is 4.98 Å². The first-order valence-electron chi connectivity index (χ1n) is 8.23. The molecule has 0 bridgehead atoms. The molecule has 3 N–H and O–H groups in total. The van der Waals surface area contributed by atoms with Gasteiger partial charge in [0.1, 0.15) is 5.60 Å². The minimum Gasteiger partial charge on any atom is -0.450 e. The second-order valence-corrected chi connectivity index (χ2v) is 7.27. The zero-order chi connectivity index (χ0) is 20.3. The fraction of sp³-hybridized carbons (Fsp3) is 0.316. The zero-order valence-corrected chi connectivity index (χ0v) is 16.3. The van der Waals surface area contributed by atoms with Crippen LogP contribution in [-0.2, 0) is 11.2 Å². The summed E-state index contributed by atoms with van der Waals surface area (Å²) in [6, 6.07) is 10.4. The second-order valence-electron chi connectivity index (χ2n) is 6.41. The summed E-state index contributed by atoms with van der Waals surface area (Å²) in [7, 11) is 0. The van der Waals surface area contributed by atoms with E-state index in [-0.39, 0.29) is 0 Å². The average molecular weight is 392 g/mol. The number of carbonyl (C=O) groups is 2. The molecule has 0 fully saturated rings. The van der Waals surface area contributed by atoms with Crippen molar-refractivity contribution in [3.05, 3.63) is 53.0 Å². The van der Waals surface area contributed by atoms with E-state index in [0.717, 1.165) is 18.5 Å². The Bertz CT molecular complexity index is 747. The Balaban J connectivity index is 0.000000828. The number of benzene rings is 1. The Morgan fingerprint density at radius 3 is 2.44 bits per heavy atom. The number of aromatic nitrogens is 1. The molecular weight excluding hydrogens is 368 g/mol. The van der Waals surface area contributed by atoms with E-state index in [1.807, 2.05) is 50.4 Å². The molecule has 0 unspecified atom stereocenters. The van der Waals surface area contributed by atoms with Gasteiger partial charge in [-0.05, 0) is 45.3 Å². The van der Waals surface area contributed by atoms with Crippen molar-refractivity contribution in [2.75, 3.05) is 5.32 Å². The summed E-state index contributed by atoms with van der Waals surface area (Å²) in [6.07, 6.45) is 3.71. The van der Waals surface area contributed by atoms with Crippen LogP contribution in [0.3, 0.4) is 0 Å². The lowest BCUT2D eigenvalue weighted by atomic mass is 10.1. The van der Waals surface area contributed by atoms with Crippen molar-refractivity contribution in [3.63, 3.8) is 0 Å². The smallest absolute Gasteiger partial charge is 0.450 e. The highest BCUT2D eigenvalue weighted by Gasteiger charge is 2.16. The van der Waals surface area contributed by atoms with Crippen LogP contribution in [0.15, 0.2) is 41.8 Å². The van der Waals surface area contributed by atoms with Crippen LogP contribution in [-0.4, -0.2) is 33.0 Å². The number of amides is 1. The molecule has 0 atom stereocenters. The summed E-state index contributed by atoms with van der Waals surface area (Å²) in [5.74, 6) is 0. The van der Waals surface area contributed by atoms with Crippen LogP contribution in [0, 0.1) is 0 Å². The van der Waals surface area contributed by atoms with E-state index >= 15 is 0 Å². The molecule has 2 aromatic rings. The molecule has 146 valence electrons. The molecule has 0 aliphatic heterocycles. The van der Waals surface area contributed by atoms with Gasteiger partial charge < -0.3 is 14.9 Å². The number of hydrogen-bond donors (Lipinski definition) is 3. The second kappa shape index (κ2) is 11.0. The maximum atomic E-state index is 11.7. The number of nitrogens with zero attached hydrogens (tertiary/aromatic N) is 1. The van der Waals surface area contributed by atoms with Crippen LogP contribution < -0.4 is 5.32 Å². The maximum Gasteiger partial charge on any atom is 0.503 e. The first-order valence-corrected chi connectivity index (χ1v) is 9.11. The Morgan fingerprint density at radius 1 is 1.22 bits per heavy atom. The molecule has 0 radical (unpaired) electrons. The number of carbonyl (C=O) groups excluding carboxylic acids is 1. The highest BCUT2D eigenvalue weighted by molar-refractivity contribution is 7.14. The number of ether oxygens (including phenoxy) is 1. The van der Waals surface area contributed by atoms with Gasteiger partial charge in [-0.3, -0.25) is 5.32 Å². The van der Waals surface area contributed by atoms with Crippen molar-refractivity contribution < 1.29 is 24.5 Å². The zero-order valence-electron chi connectivity index (χ0n) is 15.5. The summed E-state index contributed by atoms with van der Waals surface area (Å²) in [5.41, 5.74) is 1.65. The predicted octanol–water partition coefficient (Wildman–Crippen LogP) is 5.36. The van der Waals surface area contributed by atoms with E-state index in [9.17, 15) is 4.79 Å². The predicted molar refractivity (Wildman–Crippen MR) is 106 cm³/mol. The summed E-state index contributed by atoms with van der Waals surface area (Å²) in [4.78, 5) is 24.6. The molecular formula is C19H24N2O5S. The Labute approximate surface area is 162 Å². The van der Waals surface area contributed by atoms with Gasteiger partial charge in [0.2, 0.25) is 0 Å². The number of thiazole rings is 1. The number of hydrogen-bond acceptors (Lipinski definition) is 5. The van der Waals surface area contributed by atoms with E-state index < -0.39 is 17.8 Å². The van der Waals surface area contributed by atoms with Crippen LogP contribution in [0.4, 0.5) is 14.7 Å². The molecule has 1 amide bonds. The third kappa shape index (κ3) is 11.4.